The topological polar surface area (TPSA) is 106 Å². The van der Waals surface area contributed by atoms with Gasteiger partial charge in [-0.1, -0.05) is 36.4 Å². The van der Waals surface area contributed by atoms with Crippen LogP contribution in [0.1, 0.15) is 52.4 Å². The van der Waals surface area contributed by atoms with Gasteiger partial charge in [-0.15, -0.1) is 0 Å². The van der Waals surface area contributed by atoms with Crippen LogP contribution in [0, 0.1) is 6.92 Å². The lowest BCUT2D eigenvalue weighted by Gasteiger charge is -2.24. The van der Waals surface area contributed by atoms with Crippen LogP contribution in [0.3, 0.4) is 0 Å². The zero-order valence-electron chi connectivity index (χ0n) is 16.4. The summed E-state index contributed by atoms with van der Waals surface area (Å²) in [7, 11) is 0. The fourth-order valence-electron chi connectivity index (χ4n) is 3.87. The summed E-state index contributed by atoms with van der Waals surface area (Å²) in [4.78, 5) is 24.6. The van der Waals surface area contributed by atoms with Crippen LogP contribution >= 0.6 is 0 Å². The number of hydrogen-bond donors (Lipinski definition) is 3. The highest BCUT2D eigenvalue weighted by Crippen LogP contribution is 2.55. The molecule has 4 rings (SSSR count). The maximum absolute atomic E-state index is 12.9. The van der Waals surface area contributed by atoms with Gasteiger partial charge in [0, 0.05) is 5.39 Å². The number of carbonyl (C=O) groups excluding carboxylic acids is 2. The molecule has 1 aliphatic carbocycles. The molecule has 3 aromatic rings. The lowest BCUT2D eigenvalue weighted by Crippen LogP contribution is -2.57. The minimum atomic E-state index is -1.54. The molecule has 1 heterocycles. The molecule has 0 radical (unpaired) electrons. The van der Waals surface area contributed by atoms with Crippen molar-refractivity contribution < 1.29 is 19.1 Å². The van der Waals surface area contributed by atoms with Gasteiger partial charge in [0.1, 0.15) is 16.9 Å². The van der Waals surface area contributed by atoms with Crippen LogP contribution in [0.4, 0.5) is 0 Å². The summed E-state index contributed by atoms with van der Waals surface area (Å²) in [6.07, 6.45) is 1.07. The van der Waals surface area contributed by atoms with Crippen molar-refractivity contribution in [1.82, 2.24) is 5.32 Å². The second-order valence-electron chi connectivity index (χ2n) is 7.96. The Hall–Kier alpha value is -3.12. The number of aliphatic hydroxyl groups is 1. The van der Waals surface area contributed by atoms with Crippen LogP contribution in [-0.2, 0) is 4.79 Å². The molecule has 0 spiro atoms. The number of primary amides is 1. The zero-order chi connectivity index (χ0) is 20.8. The van der Waals surface area contributed by atoms with E-state index in [2.05, 4.69) is 17.4 Å². The molecule has 3 atom stereocenters. The van der Waals surface area contributed by atoms with Gasteiger partial charge in [-0.2, -0.15) is 0 Å². The van der Waals surface area contributed by atoms with E-state index in [1.54, 1.807) is 6.92 Å². The Morgan fingerprint density at radius 1 is 1.17 bits per heavy atom. The summed E-state index contributed by atoms with van der Waals surface area (Å²) in [5, 5.41) is 12.8. The number of aryl methyl sites for hydroxylation is 1. The molecule has 1 unspecified atom stereocenters. The van der Waals surface area contributed by atoms with Crippen molar-refractivity contribution >= 4 is 22.8 Å². The largest absolute Gasteiger partial charge is 0.461 e. The first-order valence-corrected chi connectivity index (χ1v) is 9.65. The molecular weight excluding hydrogens is 368 g/mol. The SMILES string of the molecule is Cc1oc2ccc([C@@H]3C[C@@H]3c3ccccc3)cc2c1C(=O)NC(C)(CO)C(N)=O. The Morgan fingerprint density at radius 2 is 1.86 bits per heavy atom. The van der Waals surface area contributed by atoms with Crippen molar-refractivity contribution in [2.75, 3.05) is 6.61 Å². The van der Waals surface area contributed by atoms with Crippen LogP contribution in [0.5, 0.6) is 0 Å². The van der Waals surface area contributed by atoms with Crippen molar-refractivity contribution in [2.24, 2.45) is 5.73 Å². The summed E-state index contributed by atoms with van der Waals surface area (Å²) in [6.45, 7) is 2.51. The molecule has 0 saturated heterocycles. The minimum absolute atomic E-state index is 0.361. The van der Waals surface area contributed by atoms with Gasteiger partial charge in [0.15, 0.2) is 0 Å². The molecule has 6 heteroatoms. The number of rotatable bonds is 6. The molecular formula is C23H24N2O4. The molecule has 1 aromatic heterocycles. The lowest BCUT2D eigenvalue weighted by molar-refractivity contribution is -0.124. The van der Waals surface area contributed by atoms with Gasteiger partial charge < -0.3 is 20.6 Å². The standard InChI is InChI=1S/C23H24N2O4/c1-13-20(21(27)25-23(2,12-26)22(24)28)18-10-15(8-9-19(18)29-13)17-11-16(17)14-6-4-3-5-7-14/h3-10,16-17,26H,11-12H2,1-2H3,(H2,24,28)(H,25,27)/t16-,17+,23?/m1/s1. The molecule has 1 fully saturated rings. The molecule has 2 aromatic carbocycles. The Labute approximate surface area is 168 Å². The third-order valence-electron chi connectivity index (χ3n) is 5.81. The Kier molecular flexibility index (Phi) is 4.67. The van der Waals surface area contributed by atoms with Crippen molar-refractivity contribution in [2.45, 2.75) is 37.6 Å². The molecule has 29 heavy (non-hydrogen) atoms. The van der Waals surface area contributed by atoms with Crippen molar-refractivity contribution in [3.05, 3.63) is 71.0 Å². The second-order valence-corrected chi connectivity index (χ2v) is 7.96. The summed E-state index contributed by atoms with van der Waals surface area (Å²) in [5.41, 5.74) is 7.24. The highest BCUT2D eigenvalue weighted by Gasteiger charge is 2.40. The number of nitrogens with one attached hydrogen (secondary N) is 1. The lowest BCUT2D eigenvalue weighted by atomic mass is 9.99. The number of furan rings is 1. The third kappa shape index (κ3) is 3.40. The predicted molar refractivity (Wildman–Crippen MR) is 110 cm³/mol. The molecule has 0 aliphatic heterocycles. The molecule has 2 amide bonds. The van der Waals surface area contributed by atoms with Crippen molar-refractivity contribution in [3.63, 3.8) is 0 Å². The number of hydrogen-bond acceptors (Lipinski definition) is 4. The van der Waals surface area contributed by atoms with Gasteiger partial charge in [0.05, 0.1) is 12.2 Å². The summed E-state index contributed by atoms with van der Waals surface area (Å²) in [5.74, 6) is 0.0369. The summed E-state index contributed by atoms with van der Waals surface area (Å²) < 4.78 is 5.76. The van der Waals surface area contributed by atoms with Gasteiger partial charge >= 0.3 is 0 Å². The average Bonchev–Trinajstić information content (AvgIpc) is 3.44. The minimum Gasteiger partial charge on any atom is -0.461 e. The maximum atomic E-state index is 12.9. The molecule has 0 bridgehead atoms. The number of amides is 2. The number of aliphatic hydroxyl groups excluding tert-OH is 1. The summed E-state index contributed by atoms with van der Waals surface area (Å²) in [6, 6.07) is 16.3. The van der Waals surface area contributed by atoms with Crippen LogP contribution in [0.2, 0.25) is 0 Å². The molecule has 6 nitrogen and oxygen atoms in total. The third-order valence-corrected chi connectivity index (χ3v) is 5.81. The summed E-state index contributed by atoms with van der Waals surface area (Å²) >= 11 is 0. The number of nitrogens with two attached hydrogens (primary N) is 1. The smallest absolute Gasteiger partial charge is 0.256 e. The second kappa shape index (κ2) is 7.04. The van der Waals surface area contributed by atoms with Gasteiger partial charge in [-0.05, 0) is 55.4 Å². The van der Waals surface area contributed by atoms with Gasteiger partial charge in [0.25, 0.3) is 5.91 Å². The quantitative estimate of drug-likeness (QED) is 0.600. The normalized spacial score (nSPS) is 20.2. The van der Waals surface area contributed by atoms with Crippen LogP contribution in [-0.4, -0.2) is 29.1 Å². The van der Waals surface area contributed by atoms with E-state index in [0.29, 0.717) is 34.1 Å². The van der Waals surface area contributed by atoms with E-state index in [1.165, 1.54) is 12.5 Å². The van der Waals surface area contributed by atoms with E-state index in [9.17, 15) is 14.7 Å². The molecule has 150 valence electrons. The van der Waals surface area contributed by atoms with Gasteiger partial charge in [-0.25, -0.2) is 0 Å². The first-order valence-electron chi connectivity index (χ1n) is 9.65. The molecule has 1 saturated carbocycles. The highest BCUT2D eigenvalue weighted by molar-refractivity contribution is 6.09. The van der Waals surface area contributed by atoms with E-state index in [4.69, 9.17) is 10.2 Å². The molecule has 1 aliphatic rings. The van der Waals surface area contributed by atoms with Crippen LogP contribution in [0.15, 0.2) is 52.9 Å². The fourth-order valence-corrected chi connectivity index (χ4v) is 3.87. The van der Waals surface area contributed by atoms with Gasteiger partial charge in [0.2, 0.25) is 5.91 Å². The van der Waals surface area contributed by atoms with Crippen LogP contribution in [0.25, 0.3) is 11.0 Å². The zero-order valence-corrected chi connectivity index (χ0v) is 16.4. The van der Waals surface area contributed by atoms with E-state index >= 15 is 0 Å². The first kappa shape index (κ1) is 19.2. The molecule has 4 N–H and O–H groups in total. The van der Waals surface area contributed by atoms with E-state index in [0.717, 1.165) is 12.0 Å². The van der Waals surface area contributed by atoms with Crippen molar-refractivity contribution in [1.29, 1.82) is 0 Å². The number of fused-ring (bicyclic) bond motifs is 1. The maximum Gasteiger partial charge on any atom is 0.256 e. The first-order chi connectivity index (χ1) is 13.8. The average molecular weight is 392 g/mol. The Morgan fingerprint density at radius 3 is 2.52 bits per heavy atom. The highest BCUT2D eigenvalue weighted by atomic mass is 16.3. The fraction of sp³-hybridized carbons (Fsp3) is 0.304. The van der Waals surface area contributed by atoms with Crippen molar-refractivity contribution in [3.8, 4) is 0 Å². The van der Waals surface area contributed by atoms with Gasteiger partial charge in [-0.3, -0.25) is 9.59 Å². The van der Waals surface area contributed by atoms with E-state index < -0.39 is 24.0 Å². The Balaban J connectivity index is 1.66. The predicted octanol–water partition coefficient (Wildman–Crippen LogP) is 2.98. The van der Waals surface area contributed by atoms with E-state index in [1.807, 2.05) is 36.4 Å². The Bertz CT molecular complexity index is 1090. The number of benzene rings is 2. The van der Waals surface area contributed by atoms with Crippen LogP contribution < -0.4 is 11.1 Å². The van der Waals surface area contributed by atoms with E-state index in [-0.39, 0.29) is 0 Å². The monoisotopic (exact) mass is 392 g/mol. The number of carbonyl (C=O) groups is 2.